The van der Waals surface area contributed by atoms with Gasteiger partial charge in [0.1, 0.15) is 5.75 Å². The summed E-state index contributed by atoms with van der Waals surface area (Å²) in [5, 5.41) is 7.17. The highest BCUT2D eigenvalue weighted by Gasteiger charge is 2.28. The summed E-state index contributed by atoms with van der Waals surface area (Å²) in [7, 11) is 0. The molecule has 5 nitrogen and oxygen atoms in total. The first kappa shape index (κ1) is 21.8. The van der Waals surface area contributed by atoms with E-state index in [4.69, 9.17) is 4.74 Å². The van der Waals surface area contributed by atoms with Gasteiger partial charge in [0.05, 0.1) is 11.4 Å². The number of anilines is 1. The Hall–Kier alpha value is -2.51. The molecule has 8 heteroatoms. The third kappa shape index (κ3) is 6.28. The van der Waals surface area contributed by atoms with Gasteiger partial charge in [-0.3, -0.25) is 9.48 Å². The quantitative estimate of drug-likeness (QED) is 0.704. The van der Waals surface area contributed by atoms with E-state index in [1.165, 1.54) is 12.1 Å². The van der Waals surface area contributed by atoms with Gasteiger partial charge in [0, 0.05) is 18.7 Å². The molecule has 1 aromatic carbocycles. The number of aryl methyl sites for hydroxylation is 1. The van der Waals surface area contributed by atoms with Crippen LogP contribution in [0.3, 0.4) is 0 Å². The van der Waals surface area contributed by atoms with Gasteiger partial charge in [0.25, 0.3) is 0 Å². The van der Waals surface area contributed by atoms with Crippen LogP contribution in [0.25, 0.3) is 0 Å². The topological polar surface area (TPSA) is 56.2 Å². The van der Waals surface area contributed by atoms with E-state index in [9.17, 15) is 18.0 Å². The molecule has 0 fully saturated rings. The van der Waals surface area contributed by atoms with Gasteiger partial charge in [0.2, 0.25) is 5.91 Å². The van der Waals surface area contributed by atoms with Gasteiger partial charge in [-0.15, -0.1) is 0 Å². The number of hydrogen-bond donors (Lipinski definition) is 1. The SMILES string of the molecule is Cc1nn(CC(C)C)c(C)c1CCC(=O)Nc1ccccc1OCC(F)(F)F. The molecule has 0 saturated carbocycles. The number of carbonyl (C=O) groups excluding carboxylic acids is 1. The molecule has 0 aliphatic carbocycles. The van der Waals surface area contributed by atoms with E-state index in [2.05, 4.69) is 24.3 Å². The Kier molecular flexibility index (Phi) is 7.10. The Morgan fingerprint density at radius 1 is 1.25 bits per heavy atom. The third-order valence-corrected chi connectivity index (χ3v) is 4.22. The Morgan fingerprint density at radius 2 is 1.93 bits per heavy atom. The lowest BCUT2D eigenvalue weighted by Crippen LogP contribution is -2.20. The number of ether oxygens (including phenoxy) is 1. The fourth-order valence-corrected chi connectivity index (χ4v) is 2.93. The van der Waals surface area contributed by atoms with Crippen LogP contribution in [0.4, 0.5) is 18.9 Å². The number of carbonyl (C=O) groups is 1. The summed E-state index contributed by atoms with van der Waals surface area (Å²) in [4.78, 5) is 12.3. The van der Waals surface area contributed by atoms with Crippen LogP contribution in [-0.4, -0.2) is 28.5 Å². The average Bonchev–Trinajstić information content (AvgIpc) is 2.84. The molecule has 2 aromatic rings. The van der Waals surface area contributed by atoms with Crippen LogP contribution in [0.2, 0.25) is 0 Å². The van der Waals surface area contributed by atoms with Crippen molar-refractivity contribution in [2.75, 3.05) is 11.9 Å². The second-order valence-electron chi connectivity index (χ2n) is 7.17. The van der Waals surface area contributed by atoms with Crippen molar-refractivity contribution in [3.8, 4) is 5.75 Å². The summed E-state index contributed by atoms with van der Waals surface area (Å²) < 4.78 is 43.9. The summed E-state index contributed by atoms with van der Waals surface area (Å²) in [6.07, 6.45) is -3.74. The number of nitrogens with one attached hydrogen (secondary N) is 1. The fourth-order valence-electron chi connectivity index (χ4n) is 2.93. The number of halogens is 3. The fraction of sp³-hybridized carbons (Fsp3) is 0.500. The zero-order valence-corrected chi connectivity index (χ0v) is 16.6. The van der Waals surface area contributed by atoms with E-state index in [-0.39, 0.29) is 23.8 Å². The normalized spacial score (nSPS) is 11.7. The third-order valence-electron chi connectivity index (χ3n) is 4.22. The highest BCUT2D eigenvalue weighted by atomic mass is 19.4. The molecule has 0 bridgehead atoms. The van der Waals surface area contributed by atoms with Crippen LogP contribution < -0.4 is 10.1 Å². The van der Waals surface area contributed by atoms with Gasteiger partial charge < -0.3 is 10.1 Å². The van der Waals surface area contributed by atoms with Crippen molar-refractivity contribution in [2.45, 2.75) is 53.3 Å². The van der Waals surface area contributed by atoms with Gasteiger partial charge in [-0.25, -0.2) is 0 Å². The summed E-state index contributed by atoms with van der Waals surface area (Å²) >= 11 is 0. The lowest BCUT2D eigenvalue weighted by Gasteiger charge is -2.14. The standard InChI is InChI=1S/C20H26F3N3O2/c1-13(2)11-26-15(4)16(14(3)25-26)9-10-19(27)24-17-7-5-6-8-18(17)28-12-20(21,22)23/h5-8,13H,9-12H2,1-4H3,(H,24,27). The molecule has 0 spiro atoms. The lowest BCUT2D eigenvalue weighted by molar-refractivity contribution is -0.153. The minimum Gasteiger partial charge on any atom is -0.482 e. The highest BCUT2D eigenvalue weighted by molar-refractivity contribution is 5.92. The number of alkyl halides is 3. The van der Waals surface area contributed by atoms with Crippen LogP contribution in [0, 0.1) is 19.8 Å². The molecule has 1 amide bonds. The maximum Gasteiger partial charge on any atom is 0.422 e. The van der Waals surface area contributed by atoms with E-state index in [0.29, 0.717) is 12.3 Å². The maximum atomic E-state index is 12.4. The van der Waals surface area contributed by atoms with Crippen molar-refractivity contribution < 1.29 is 22.7 Å². The number of benzene rings is 1. The number of hydrogen-bond acceptors (Lipinski definition) is 3. The first-order chi connectivity index (χ1) is 13.1. The van der Waals surface area contributed by atoms with E-state index in [1.807, 2.05) is 18.5 Å². The highest BCUT2D eigenvalue weighted by Crippen LogP contribution is 2.26. The summed E-state index contributed by atoms with van der Waals surface area (Å²) in [5.41, 5.74) is 3.17. The molecular weight excluding hydrogens is 371 g/mol. The van der Waals surface area contributed by atoms with E-state index in [1.54, 1.807) is 12.1 Å². The van der Waals surface area contributed by atoms with Crippen molar-refractivity contribution in [3.63, 3.8) is 0 Å². The Morgan fingerprint density at radius 3 is 2.57 bits per heavy atom. The van der Waals surface area contributed by atoms with Gasteiger partial charge >= 0.3 is 6.18 Å². The second kappa shape index (κ2) is 9.12. The van der Waals surface area contributed by atoms with Gasteiger partial charge in [-0.05, 0) is 43.9 Å². The van der Waals surface area contributed by atoms with Crippen molar-refractivity contribution in [1.29, 1.82) is 0 Å². The van der Waals surface area contributed by atoms with Crippen LogP contribution >= 0.6 is 0 Å². The smallest absolute Gasteiger partial charge is 0.422 e. The van der Waals surface area contributed by atoms with Crippen molar-refractivity contribution in [3.05, 3.63) is 41.2 Å². The van der Waals surface area contributed by atoms with Crippen molar-refractivity contribution in [2.24, 2.45) is 5.92 Å². The van der Waals surface area contributed by atoms with E-state index >= 15 is 0 Å². The molecule has 1 aromatic heterocycles. The molecule has 1 N–H and O–H groups in total. The molecule has 0 aliphatic rings. The number of aromatic nitrogens is 2. The van der Waals surface area contributed by atoms with E-state index in [0.717, 1.165) is 23.5 Å². The Balaban J connectivity index is 1.99. The van der Waals surface area contributed by atoms with E-state index < -0.39 is 12.8 Å². The zero-order chi connectivity index (χ0) is 20.9. The largest absolute Gasteiger partial charge is 0.482 e. The predicted octanol–water partition coefficient (Wildman–Crippen LogP) is 4.67. The number of amides is 1. The second-order valence-corrected chi connectivity index (χ2v) is 7.17. The minimum atomic E-state index is -4.44. The number of nitrogens with zero attached hydrogens (tertiary/aromatic N) is 2. The maximum absolute atomic E-state index is 12.4. The van der Waals surface area contributed by atoms with Crippen LogP contribution in [0.15, 0.2) is 24.3 Å². The average molecular weight is 397 g/mol. The van der Waals surface area contributed by atoms with Crippen LogP contribution in [0.1, 0.15) is 37.2 Å². The summed E-state index contributed by atoms with van der Waals surface area (Å²) in [6.45, 7) is 7.52. The van der Waals surface area contributed by atoms with Crippen LogP contribution in [-0.2, 0) is 17.8 Å². The number of para-hydroxylation sites is 2. The zero-order valence-electron chi connectivity index (χ0n) is 16.6. The molecule has 0 aliphatic heterocycles. The van der Waals surface area contributed by atoms with Gasteiger partial charge in [-0.2, -0.15) is 18.3 Å². The first-order valence-electron chi connectivity index (χ1n) is 9.18. The predicted molar refractivity (Wildman–Crippen MR) is 101 cm³/mol. The number of rotatable bonds is 8. The molecule has 28 heavy (non-hydrogen) atoms. The molecule has 2 rings (SSSR count). The molecule has 0 unspecified atom stereocenters. The van der Waals surface area contributed by atoms with Gasteiger partial charge in [0.15, 0.2) is 6.61 Å². The molecule has 0 atom stereocenters. The van der Waals surface area contributed by atoms with Crippen molar-refractivity contribution in [1.82, 2.24) is 9.78 Å². The molecule has 154 valence electrons. The van der Waals surface area contributed by atoms with Crippen molar-refractivity contribution >= 4 is 11.6 Å². The molecule has 0 radical (unpaired) electrons. The first-order valence-corrected chi connectivity index (χ1v) is 9.18. The minimum absolute atomic E-state index is 0.00899. The molecular formula is C20H26F3N3O2. The molecule has 1 heterocycles. The summed E-state index contributed by atoms with van der Waals surface area (Å²) in [6, 6.07) is 6.09. The Bertz CT molecular complexity index is 814. The molecule has 0 saturated heterocycles. The van der Waals surface area contributed by atoms with Gasteiger partial charge in [-0.1, -0.05) is 26.0 Å². The monoisotopic (exact) mass is 397 g/mol. The van der Waals surface area contributed by atoms with Crippen LogP contribution in [0.5, 0.6) is 5.75 Å². The Labute approximate surface area is 162 Å². The summed E-state index contributed by atoms with van der Waals surface area (Å²) in [5.74, 6) is 0.158. The lowest BCUT2D eigenvalue weighted by atomic mass is 10.1.